The van der Waals surface area contributed by atoms with E-state index in [2.05, 4.69) is 43.8 Å². The fourth-order valence-corrected chi connectivity index (χ4v) is 4.81. The smallest absolute Gasteiger partial charge is 0.138 e. The van der Waals surface area contributed by atoms with Gasteiger partial charge in [0.05, 0.1) is 0 Å². The van der Waals surface area contributed by atoms with E-state index in [4.69, 9.17) is 0 Å². The van der Waals surface area contributed by atoms with Crippen LogP contribution in [0.4, 0.5) is 4.39 Å². The maximum atomic E-state index is 14.5. The molecule has 0 aromatic heterocycles. The Labute approximate surface area is 174 Å². The van der Waals surface area contributed by atoms with Gasteiger partial charge in [0.15, 0.2) is 0 Å². The van der Waals surface area contributed by atoms with Gasteiger partial charge in [0.25, 0.3) is 0 Å². The van der Waals surface area contributed by atoms with E-state index in [1.807, 2.05) is 18.2 Å². The van der Waals surface area contributed by atoms with E-state index in [1.165, 1.54) is 56.1 Å². The van der Waals surface area contributed by atoms with Crippen LogP contribution in [0.25, 0.3) is 28.0 Å². The molecule has 0 saturated heterocycles. The molecule has 0 spiro atoms. The average Bonchev–Trinajstić information content (AvgIpc) is 2.78. The van der Waals surface area contributed by atoms with Crippen molar-refractivity contribution < 1.29 is 4.39 Å². The lowest BCUT2D eigenvalue weighted by Gasteiger charge is -2.27. The summed E-state index contributed by atoms with van der Waals surface area (Å²) in [6.45, 7) is 6.01. The quantitative estimate of drug-likeness (QED) is 0.399. The van der Waals surface area contributed by atoms with Crippen molar-refractivity contribution in [2.45, 2.75) is 51.9 Å². The van der Waals surface area contributed by atoms with Gasteiger partial charge in [-0.3, -0.25) is 0 Å². The molecule has 0 N–H and O–H groups in total. The first kappa shape index (κ1) is 19.9. The predicted molar refractivity (Wildman–Crippen MR) is 123 cm³/mol. The van der Waals surface area contributed by atoms with Crippen molar-refractivity contribution >= 4 is 16.8 Å². The van der Waals surface area contributed by atoms with Crippen molar-refractivity contribution in [3.05, 3.63) is 78.1 Å². The van der Waals surface area contributed by atoms with E-state index in [0.717, 1.165) is 22.8 Å². The molecule has 29 heavy (non-hydrogen) atoms. The van der Waals surface area contributed by atoms with Crippen LogP contribution in [0.5, 0.6) is 0 Å². The van der Waals surface area contributed by atoms with Crippen LogP contribution in [-0.4, -0.2) is 0 Å². The van der Waals surface area contributed by atoms with Crippen LogP contribution in [0.3, 0.4) is 0 Å². The Hall–Kier alpha value is -2.41. The minimum Gasteiger partial charge on any atom is -0.206 e. The molecule has 0 aliphatic heterocycles. The zero-order valence-electron chi connectivity index (χ0n) is 17.5. The Kier molecular flexibility index (Phi) is 6.13. The largest absolute Gasteiger partial charge is 0.206 e. The third-order valence-electron chi connectivity index (χ3n) is 6.88. The normalized spacial score (nSPS) is 19.4. The average molecular weight is 387 g/mol. The van der Waals surface area contributed by atoms with Gasteiger partial charge in [-0.2, -0.15) is 0 Å². The molecule has 150 valence electrons. The SMILES string of the molecule is C=Cc1ccc2cc(-c3ccc(CCC4CCC(CC)CC4)cc3)ccc2c1F. The third-order valence-corrected chi connectivity index (χ3v) is 6.88. The predicted octanol–water partition coefficient (Wildman–Crippen LogP) is 8.44. The Bertz CT molecular complexity index is 975. The van der Waals surface area contributed by atoms with Gasteiger partial charge in [0, 0.05) is 10.9 Å². The first-order valence-electron chi connectivity index (χ1n) is 11.1. The molecule has 1 heteroatoms. The molecule has 0 radical (unpaired) electrons. The Morgan fingerprint density at radius 3 is 2.28 bits per heavy atom. The van der Waals surface area contributed by atoms with Crippen molar-refractivity contribution in [3.63, 3.8) is 0 Å². The van der Waals surface area contributed by atoms with Gasteiger partial charge in [0.1, 0.15) is 5.82 Å². The molecule has 0 amide bonds. The number of hydrogen-bond donors (Lipinski definition) is 0. The van der Waals surface area contributed by atoms with E-state index in [9.17, 15) is 4.39 Å². The Balaban J connectivity index is 1.43. The summed E-state index contributed by atoms with van der Waals surface area (Å²) in [5.74, 6) is 1.70. The molecule has 3 aromatic carbocycles. The van der Waals surface area contributed by atoms with Crippen molar-refractivity contribution in [1.29, 1.82) is 0 Å². The molecule has 1 saturated carbocycles. The van der Waals surface area contributed by atoms with Crippen molar-refractivity contribution in [3.8, 4) is 11.1 Å². The van der Waals surface area contributed by atoms with Gasteiger partial charge in [-0.05, 0) is 52.8 Å². The fourth-order valence-electron chi connectivity index (χ4n) is 4.81. The summed E-state index contributed by atoms with van der Waals surface area (Å²) in [6, 6.07) is 18.7. The highest BCUT2D eigenvalue weighted by molar-refractivity contribution is 5.89. The van der Waals surface area contributed by atoms with Crippen molar-refractivity contribution in [2.24, 2.45) is 11.8 Å². The molecule has 4 rings (SSSR count). The van der Waals surface area contributed by atoms with Crippen LogP contribution < -0.4 is 0 Å². The number of hydrogen-bond acceptors (Lipinski definition) is 0. The maximum Gasteiger partial charge on any atom is 0.138 e. The lowest BCUT2D eigenvalue weighted by Crippen LogP contribution is -2.14. The molecule has 0 heterocycles. The highest BCUT2D eigenvalue weighted by atomic mass is 19.1. The number of fused-ring (bicyclic) bond motifs is 1. The van der Waals surface area contributed by atoms with Crippen LogP contribution in [0, 0.1) is 17.7 Å². The van der Waals surface area contributed by atoms with Gasteiger partial charge < -0.3 is 0 Å². The van der Waals surface area contributed by atoms with E-state index >= 15 is 0 Å². The van der Waals surface area contributed by atoms with Gasteiger partial charge in [0.2, 0.25) is 0 Å². The molecule has 1 aliphatic rings. The molecule has 0 bridgehead atoms. The monoisotopic (exact) mass is 386 g/mol. The number of aryl methyl sites for hydroxylation is 1. The topological polar surface area (TPSA) is 0 Å². The van der Waals surface area contributed by atoms with Gasteiger partial charge in [-0.25, -0.2) is 4.39 Å². The van der Waals surface area contributed by atoms with Gasteiger partial charge in [-0.1, -0.05) is 100 Å². The van der Waals surface area contributed by atoms with Crippen LogP contribution in [0.1, 0.15) is 56.6 Å². The third kappa shape index (κ3) is 4.45. The van der Waals surface area contributed by atoms with Crippen molar-refractivity contribution in [1.82, 2.24) is 0 Å². The van der Waals surface area contributed by atoms with Crippen LogP contribution >= 0.6 is 0 Å². The maximum absolute atomic E-state index is 14.5. The summed E-state index contributed by atoms with van der Waals surface area (Å²) in [7, 11) is 0. The zero-order valence-corrected chi connectivity index (χ0v) is 17.5. The molecule has 0 nitrogen and oxygen atoms in total. The molecule has 0 unspecified atom stereocenters. The minimum absolute atomic E-state index is 0.188. The Morgan fingerprint density at radius 1 is 0.897 bits per heavy atom. The minimum atomic E-state index is -0.188. The number of halogens is 1. The standard InChI is InChI=1S/C28H31F/c1-3-20-5-7-21(8-6-20)9-10-22-11-13-24(14-12-22)25-17-18-27-26(19-25)16-15-23(4-2)28(27)29/h4,11-21H,2-3,5-10H2,1H3. The zero-order chi connectivity index (χ0) is 20.2. The molecule has 0 atom stereocenters. The first-order chi connectivity index (χ1) is 14.2. The summed E-state index contributed by atoms with van der Waals surface area (Å²) in [6.07, 6.45) is 11.1. The summed E-state index contributed by atoms with van der Waals surface area (Å²) < 4.78 is 14.5. The molecule has 1 fully saturated rings. The molecular weight excluding hydrogens is 355 g/mol. The van der Waals surface area contributed by atoms with E-state index < -0.39 is 0 Å². The van der Waals surface area contributed by atoms with E-state index in [-0.39, 0.29) is 5.82 Å². The van der Waals surface area contributed by atoms with Gasteiger partial charge in [-0.15, -0.1) is 0 Å². The summed E-state index contributed by atoms with van der Waals surface area (Å²) >= 11 is 0. The molecule has 1 aliphatic carbocycles. The summed E-state index contributed by atoms with van der Waals surface area (Å²) in [5, 5.41) is 1.58. The fraction of sp³-hybridized carbons (Fsp3) is 0.357. The second-order valence-electron chi connectivity index (χ2n) is 8.64. The highest BCUT2D eigenvalue weighted by Crippen LogP contribution is 2.33. The second-order valence-corrected chi connectivity index (χ2v) is 8.64. The van der Waals surface area contributed by atoms with Gasteiger partial charge >= 0.3 is 0 Å². The summed E-state index contributed by atoms with van der Waals surface area (Å²) in [4.78, 5) is 0. The molecular formula is C28H31F. The lowest BCUT2D eigenvalue weighted by molar-refractivity contribution is 0.259. The van der Waals surface area contributed by atoms with E-state index in [1.54, 1.807) is 12.1 Å². The number of benzene rings is 3. The Morgan fingerprint density at radius 2 is 1.59 bits per heavy atom. The highest BCUT2D eigenvalue weighted by Gasteiger charge is 2.19. The lowest BCUT2D eigenvalue weighted by atomic mass is 9.78. The van der Waals surface area contributed by atoms with Crippen molar-refractivity contribution in [2.75, 3.05) is 0 Å². The second kappa shape index (κ2) is 8.95. The first-order valence-corrected chi connectivity index (χ1v) is 11.1. The molecule has 3 aromatic rings. The van der Waals surface area contributed by atoms with Crippen LogP contribution in [0.2, 0.25) is 0 Å². The van der Waals surface area contributed by atoms with E-state index in [0.29, 0.717) is 10.9 Å². The van der Waals surface area contributed by atoms with Crippen LogP contribution in [-0.2, 0) is 6.42 Å². The summed E-state index contributed by atoms with van der Waals surface area (Å²) in [5.41, 5.74) is 4.30. The van der Waals surface area contributed by atoms with Crippen LogP contribution in [0.15, 0.2) is 61.2 Å². The number of rotatable bonds is 6.